The molecule has 0 saturated carbocycles. The smallest absolute Gasteiger partial charge is 0.323 e. The Bertz CT molecular complexity index is 1080. The third-order valence-electron chi connectivity index (χ3n) is 5.30. The van der Waals surface area contributed by atoms with Crippen LogP contribution in [0.4, 0.5) is 4.39 Å². The molecular weight excluding hydrogens is 361 g/mol. The summed E-state index contributed by atoms with van der Waals surface area (Å²) in [5.74, 6) is -1.96. The Hall–Kier alpha value is -3.28. The molecule has 0 spiro atoms. The van der Waals surface area contributed by atoms with Gasteiger partial charge >= 0.3 is 11.9 Å². The number of methoxy groups -OCH3 is 2. The molecule has 3 aromatic rings. The van der Waals surface area contributed by atoms with Gasteiger partial charge in [-0.1, -0.05) is 30.3 Å². The molecule has 142 valence electrons. The highest BCUT2D eigenvalue weighted by Crippen LogP contribution is 2.42. The number of nitrogens with zero attached hydrogens (tertiary/aromatic N) is 1. The number of carbonyl (C=O) groups excluding carboxylic acids is 2. The lowest BCUT2D eigenvalue weighted by atomic mass is 9.70. The zero-order chi connectivity index (χ0) is 19.9. The predicted molar refractivity (Wildman–Crippen MR) is 101 cm³/mol. The number of aromatic nitrogens is 1. The first kappa shape index (κ1) is 18.1. The van der Waals surface area contributed by atoms with Crippen LogP contribution in [0.15, 0.2) is 48.5 Å². The Morgan fingerprint density at radius 2 is 1.68 bits per heavy atom. The molecule has 1 aromatic heterocycles. The number of pyridine rings is 1. The molecule has 5 nitrogen and oxygen atoms in total. The van der Waals surface area contributed by atoms with Crippen LogP contribution in [0.1, 0.15) is 11.1 Å². The van der Waals surface area contributed by atoms with Crippen molar-refractivity contribution in [2.75, 3.05) is 14.2 Å². The van der Waals surface area contributed by atoms with E-state index in [1.807, 2.05) is 30.3 Å². The summed E-state index contributed by atoms with van der Waals surface area (Å²) in [4.78, 5) is 29.9. The van der Waals surface area contributed by atoms with Gasteiger partial charge in [0.2, 0.25) is 0 Å². The summed E-state index contributed by atoms with van der Waals surface area (Å²) >= 11 is 0. The largest absolute Gasteiger partial charge is 0.468 e. The quantitative estimate of drug-likeness (QED) is 0.515. The molecule has 0 atom stereocenters. The van der Waals surface area contributed by atoms with Crippen molar-refractivity contribution in [3.63, 3.8) is 0 Å². The number of hydrogen-bond donors (Lipinski definition) is 0. The molecule has 0 bridgehead atoms. The van der Waals surface area contributed by atoms with E-state index in [2.05, 4.69) is 4.98 Å². The van der Waals surface area contributed by atoms with Crippen LogP contribution in [0.2, 0.25) is 0 Å². The lowest BCUT2D eigenvalue weighted by Crippen LogP contribution is -2.46. The van der Waals surface area contributed by atoms with Crippen LogP contribution in [0.25, 0.3) is 22.2 Å². The van der Waals surface area contributed by atoms with Gasteiger partial charge in [-0.25, -0.2) is 9.37 Å². The summed E-state index contributed by atoms with van der Waals surface area (Å²) in [6.07, 6.45) is -0.0729. The van der Waals surface area contributed by atoms with E-state index >= 15 is 0 Å². The molecule has 1 aliphatic rings. The van der Waals surface area contributed by atoms with Crippen molar-refractivity contribution >= 4 is 22.8 Å². The number of hydrogen-bond acceptors (Lipinski definition) is 5. The zero-order valence-electron chi connectivity index (χ0n) is 15.5. The van der Waals surface area contributed by atoms with Crippen molar-refractivity contribution < 1.29 is 23.5 Å². The number of benzene rings is 2. The number of carbonyl (C=O) groups is 2. The van der Waals surface area contributed by atoms with Gasteiger partial charge in [-0.15, -0.1) is 0 Å². The first-order valence-electron chi connectivity index (χ1n) is 8.83. The van der Waals surface area contributed by atoms with E-state index in [0.29, 0.717) is 22.2 Å². The fourth-order valence-electron chi connectivity index (χ4n) is 3.98. The molecule has 1 aliphatic carbocycles. The van der Waals surface area contributed by atoms with E-state index in [1.54, 1.807) is 12.1 Å². The van der Waals surface area contributed by atoms with Gasteiger partial charge in [0, 0.05) is 23.8 Å². The molecule has 4 rings (SSSR count). The Labute approximate surface area is 161 Å². The maximum atomic E-state index is 14.7. The minimum Gasteiger partial charge on any atom is -0.468 e. The zero-order valence-corrected chi connectivity index (χ0v) is 15.5. The number of ether oxygens (including phenoxy) is 2. The van der Waals surface area contributed by atoms with Gasteiger partial charge < -0.3 is 9.47 Å². The van der Waals surface area contributed by atoms with Crippen molar-refractivity contribution in [1.29, 1.82) is 0 Å². The van der Waals surface area contributed by atoms with Crippen molar-refractivity contribution in [2.45, 2.75) is 12.8 Å². The predicted octanol–water partition coefficient (Wildman–Crippen LogP) is 3.47. The van der Waals surface area contributed by atoms with Crippen molar-refractivity contribution in [1.82, 2.24) is 4.98 Å². The molecule has 2 aromatic carbocycles. The summed E-state index contributed by atoms with van der Waals surface area (Å²) in [5.41, 5.74) is 1.52. The van der Waals surface area contributed by atoms with Crippen LogP contribution in [-0.4, -0.2) is 31.1 Å². The number of rotatable bonds is 3. The molecule has 0 radical (unpaired) electrons. The normalized spacial score (nSPS) is 14.5. The Kier molecular flexibility index (Phi) is 4.34. The lowest BCUT2D eigenvalue weighted by Gasteiger charge is -2.33. The van der Waals surface area contributed by atoms with Crippen molar-refractivity contribution in [2.24, 2.45) is 5.41 Å². The summed E-state index contributed by atoms with van der Waals surface area (Å²) in [6.45, 7) is 0. The van der Waals surface area contributed by atoms with E-state index in [0.717, 1.165) is 5.56 Å². The van der Waals surface area contributed by atoms with Gasteiger partial charge in [-0.3, -0.25) is 9.59 Å². The molecule has 0 aliphatic heterocycles. The summed E-state index contributed by atoms with van der Waals surface area (Å²) in [7, 11) is 2.42. The van der Waals surface area contributed by atoms with E-state index in [-0.39, 0.29) is 18.4 Å². The monoisotopic (exact) mass is 379 g/mol. The van der Waals surface area contributed by atoms with Crippen LogP contribution < -0.4 is 0 Å². The Morgan fingerprint density at radius 3 is 2.32 bits per heavy atom. The van der Waals surface area contributed by atoms with Gasteiger partial charge in [0.15, 0.2) is 5.41 Å². The molecule has 0 fully saturated rings. The fraction of sp³-hybridized carbons (Fsp3) is 0.227. The van der Waals surface area contributed by atoms with Gasteiger partial charge in [0.1, 0.15) is 5.82 Å². The average molecular weight is 379 g/mol. The molecule has 6 heteroatoms. The highest BCUT2D eigenvalue weighted by molar-refractivity contribution is 6.03. The number of esters is 2. The topological polar surface area (TPSA) is 65.5 Å². The summed E-state index contributed by atoms with van der Waals surface area (Å²) in [6, 6.07) is 14.3. The number of halogens is 1. The van der Waals surface area contributed by atoms with E-state index < -0.39 is 23.2 Å². The highest BCUT2D eigenvalue weighted by Gasteiger charge is 2.51. The van der Waals surface area contributed by atoms with E-state index in [4.69, 9.17) is 9.47 Å². The fourth-order valence-corrected chi connectivity index (χ4v) is 3.98. The Morgan fingerprint density at radius 1 is 1.00 bits per heavy atom. The van der Waals surface area contributed by atoms with Gasteiger partial charge in [0.05, 0.1) is 25.4 Å². The molecule has 1 heterocycles. The van der Waals surface area contributed by atoms with Gasteiger partial charge in [0.25, 0.3) is 0 Å². The van der Waals surface area contributed by atoms with Crippen molar-refractivity contribution in [3.05, 3.63) is 65.5 Å². The van der Waals surface area contributed by atoms with Gasteiger partial charge in [-0.2, -0.15) is 0 Å². The average Bonchev–Trinajstić information content (AvgIpc) is 2.74. The molecule has 0 saturated heterocycles. The second-order valence-corrected chi connectivity index (χ2v) is 6.87. The van der Waals surface area contributed by atoms with E-state index in [9.17, 15) is 14.0 Å². The lowest BCUT2D eigenvalue weighted by molar-refractivity contribution is -0.169. The minimum atomic E-state index is -1.62. The second kappa shape index (κ2) is 6.71. The SMILES string of the molecule is COC(=O)C1(C(=O)OC)Cc2cc(-c3ccccc3)nc3ccc(F)c(c23)C1. The molecule has 28 heavy (non-hydrogen) atoms. The minimum absolute atomic E-state index is 0.0572. The molecule has 0 unspecified atom stereocenters. The summed E-state index contributed by atoms with van der Waals surface area (Å²) < 4.78 is 24.5. The standard InChI is InChI=1S/C22H18FNO4/c1-27-20(25)22(21(26)28-2)11-14-10-18(13-6-4-3-5-7-13)24-17-9-8-16(23)15(12-22)19(14)17/h3-10H,11-12H2,1-2H3. The second-order valence-electron chi connectivity index (χ2n) is 6.87. The molecular formula is C22H18FNO4. The van der Waals surface area contributed by atoms with E-state index in [1.165, 1.54) is 20.3 Å². The van der Waals surface area contributed by atoms with Crippen LogP contribution in [-0.2, 0) is 31.9 Å². The molecule has 0 amide bonds. The highest BCUT2D eigenvalue weighted by atomic mass is 19.1. The Balaban J connectivity index is 1.99. The third kappa shape index (κ3) is 2.64. The maximum Gasteiger partial charge on any atom is 0.323 e. The maximum absolute atomic E-state index is 14.7. The third-order valence-corrected chi connectivity index (χ3v) is 5.30. The summed E-state index contributed by atoms with van der Waals surface area (Å²) in [5, 5.41) is 0.642. The van der Waals surface area contributed by atoms with Crippen LogP contribution in [0.5, 0.6) is 0 Å². The van der Waals surface area contributed by atoms with Crippen molar-refractivity contribution in [3.8, 4) is 11.3 Å². The van der Waals surface area contributed by atoms with Crippen LogP contribution >= 0.6 is 0 Å². The van der Waals surface area contributed by atoms with Gasteiger partial charge in [-0.05, 0) is 29.3 Å². The first-order chi connectivity index (χ1) is 13.5. The molecule has 0 N–H and O–H groups in total. The first-order valence-corrected chi connectivity index (χ1v) is 8.83. The van der Waals surface area contributed by atoms with Crippen LogP contribution in [0, 0.1) is 11.2 Å². The van der Waals surface area contributed by atoms with Crippen LogP contribution in [0.3, 0.4) is 0 Å².